The molecule has 0 saturated heterocycles. The second-order valence-corrected chi connectivity index (χ2v) is 6.59. The van der Waals surface area contributed by atoms with E-state index in [0.717, 1.165) is 18.4 Å². The minimum atomic E-state index is -3.42. The molecular weight excluding hydrogens is 262 g/mol. The second kappa shape index (κ2) is 7.03. The molecule has 4 nitrogen and oxygen atoms in total. The molecule has 0 saturated carbocycles. The largest absolute Gasteiger partial charge is 0.389 e. The summed E-state index contributed by atoms with van der Waals surface area (Å²) in [6, 6.07) is 6.45. The molecule has 1 aromatic carbocycles. The van der Waals surface area contributed by atoms with Crippen LogP contribution in [0.1, 0.15) is 45.3 Å². The van der Waals surface area contributed by atoms with Crippen molar-refractivity contribution in [3.8, 4) is 0 Å². The first-order chi connectivity index (χ1) is 8.93. The van der Waals surface area contributed by atoms with Crippen LogP contribution in [-0.2, 0) is 10.0 Å². The van der Waals surface area contributed by atoms with Gasteiger partial charge in [0, 0.05) is 13.1 Å². The molecule has 0 radical (unpaired) electrons. The first-order valence-electron chi connectivity index (χ1n) is 6.71. The fourth-order valence-electron chi connectivity index (χ4n) is 1.92. The maximum absolute atomic E-state index is 12.5. The quantitative estimate of drug-likeness (QED) is 0.837. The van der Waals surface area contributed by atoms with Gasteiger partial charge in [-0.15, -0.1) is 0 Å². The number of hydrogen-bond acceptors (Lipinski definition) is 3. The third-order valence-corrected chi connectivity index (χ3v) is 4.86. The van der Waals surface area contributed by atoms with Crippen molar-refractivity contribution in [3.05, 3.63) is 29.8 Å². The number of aliphatic hydroxyl groups is 1. The minimum absolute atomic E-state index is 0.291. The topological polar surface area (TPSA) is 57.6 Å². The average Bonchev–Trinajstić information content (AvgIpc) is 2.38. The van der Waals surface area contributed by atoms with Crippen LogP contribution in [0.5, 0.6) is 0 Å². The molecule has 1 rings (SSSR count). The Labute approximate surface area is 116 Å². The molecule has 5 heteroatoms. The van der Waals surface area contributed by atoms with Gasteiger partial charge in [-0.25, -0.2) is 8.42 Å². The van der Waals surface area contributed by atoms with E-state index >= 15 is 0 Å². The highest BCUT2D eigenvalue weighted by Gasteiger charge is 2.22. The van der Waals surface area contributed by atoms with E-state index in [-0.39, 0.29) is 0 Å². The van der Waals surface area contributed by atoms with E-state index in [9.17, 15) is 13.5 Å². The molecular formula is C14H23NO3S. The zero-order valence-electron chi connectivity index (χ0n) is 11.8. The SMILES string of the molecule is CCCN(CCC)S(=O)(=O)c1ccc(C(C)O)cc1. The Bertz CT molecular complexity index is 474. The Kier molecular flexibility index (Phi) is 5.97. The summed E-state index contributed by atoms with van der Waals surface area (Å²) < 4.78 is 26.4. The van der Waals surface area contributed by atoms with E-state index in [1.54, 1.807) is 31.2 Å². The molecule has 19 heavy (non-hydrogen) atoms. The molecule has 0 heterocycles. The third kappa shape index (κ3) is 4.03. The highest BCUT2D eigenvalue weighted by atomic mass is 32.2. The second-order valence-electron chi connectivity index (χ2n) is 4.65. The number of benzene rings is 1. The van der Waals surface area contributed by atoms with Gasteiger partial charge in [-0.2, -0.15) is 4.31 Å². The lowest BCUT2D eigenvalue weighted by Crippen LogP contribution is -2.32. The van der Waals surface area contributed by atoms with Gasteiger partial charge in [0.05, 0.1) is 11.0 Å². The average molecular weight is 285 g/mol. The van der Waals surface area contributed by atoms with Crippen LogP contribution in [0.15, 0.2) is 29.2 Å². The van der Waals surface area contributed by atoms with E-state index in [4.69, 9.17) is 0 Å². The fourth-order valence-corrected chi connectivity index (χ4v) is 3.54. The lowest BCUT2D eigenvalue weighted by molar-refractivity contribution is 0.199. The van der Waals surface area contributed by atoms with E-state index in [1.165, 1.54) is 4.31 Å². The number of rotatable bonds is 7. The summed E-state index contributed by atoms with van der Waals surface area (Å²) in [6.07, 6.45) is 1.01. The van der Waals surface area contributed by atoms with Crippen LogP contribution in [0.2, 0.25) is 0 Å². The summed E-state index contributed by atoms with van der Waals surface area (Å²) in [5.74, 6) is 0. The molecule has 1 atom stereocenters. The van der Waals surface area contributed by atoms with Gasteiger partial charge in [0.2, 0.25) is 10.0 Å². The molecule has 0 aliphatic heterocycles. The summed E-state index contributed by atoms with van der Waals surface area (Å²) in [7, 11) is -3.42. The smallest absolute Gasteiger partial charge is 0.243 e. The molecule has 1 N–H and O–H groups in total. The summed E-state index contributed by atoms with van der Waals surface area (Å²) >= 11 is 0. The van der Waals surface area contributed by atoms with Crippen molar-refractivity contribution in [2.24, 2.45) is 0 Å². The molecule has 0 spiro atoms. The minimum Gasteiger partial charge on any atom is -0.389 e. The Morgan fingerprint density at radius 3 is 1.95 bits per heavy atom. The van der Waals surface area contributed by atoms with Gasteiger partial charge in [-0.3, -0.25) is 0 Å². The van der Waals surface area contributed by atoms with Crippen LogP contribution in [0, 0.1) is 0 Å². The van der Waals surface area contributed by atoms with Crippen LogP contribution in [0.3, 0.4) is 0 Å². The molecule has 0 bridgehead atoms. The van der Waals surface area contributed by atoms with Crippen LogP contribution in [0.4, 0.5) is 0 Å². The summed E-state index contributed by atoms with van der Waals surface area (Å²) in [6.45, 7) is 6.66. The van der Waals surface area contributed by atoms with Crippen molar-refractivity contribution in [1.82, 2.24) is 4.31 Å². The lowest BCUT2D eigenvalue weighted by atomic mass is 10.1. The van der Waals surface area contributed by atoms with Gasteiger partial charge < -0.3 is 5.11 Å². The van der Waals surface area contributed by atoms with E-state index < -0.39 is 16.1 Å². The first-order valence-corrected chi connectivity index (χ1v) is 8.15. The number of hydrogen-bond donors (Lipinski definition) is 1. The van der Waals surface area contributed by atoms with Crippen LogP contribution >= 0.6 is 0 Å². The molecule has 0 aliphatic carbocycles. The van der Waals surface area contributed by atoms with Gasteiger partial charge in [0.25, 0.3) is 0 Å². The van der Waals surface area contributed by atoms with Crippen LogP contribution in [0.25, 0.3) is 0 Å². The summed E-state index contributed by atoms with van der Waals surface area (Å²) in [5, 5.41) is 9.44. The molecule has 1 aromatic rings. The maximum atomic E-state index is 12.5. The van der Waals surface area contributed by atoms with E-state index in [2.05, 4.69) is 0 Å². The Morgan fingerprint density at radius 2 is 1.58 bits per heavy atom. The highest BCUT2D eigenvalue weighted by Crippen LogP contribution is 2.19. The van der Waals surface area contributed by atoms with Crippen molar-refractivity contribution in [2.75, 3.05) is 13.1 Å². The van der Waals surface area contributed by atoms with Gasteiger partial charge in [-0.05, 0) is 37.5 Å². The Morgan fingerprint density at radius 1 is 1.11 bits per heavy atom. The molecule has 1 unspecified atom stereocenters. The molecule has 0 fully saturated rings. The van der Waals surface area contributed by atoms with Crippen molar-refractivity contribution < 1.29 is 13.5 Å². The first kappa shape index (κ1) is 16.1. The van der Waals surface area contributed by atoms with Gasteiger partial charge in [0.15, 0.2) is 0 Å². The van der Waals surface area contributed by atoms with E-state index in [0.29, 0.717) is 18.0 Å². The zero-order valence-corrected chi connectivity index (χ0v) is 12.7. The maximum Gasteiger partial charge on any atom is 0.243 e. The highest BCUT2D eigenvalue weighted by molar-refractivity contribution is 7.89. The van der Waals surface area contributed by atoms with Crippen molar-refractivity contribution in [1.29, 1.82) is 0 Å². The van der Waals surface area contributed by atoms with Gasteiger partial charge in [0.1, 0.15) is 0 Å². The molecule has 0 amide bonds. The Balaban J connectivity index is 3.03. The number of nitrogens with zero attached hydrogens (tertiary/aromatic N) is 1. The van der Waals surface area contributed by atoms with E-state index in [1.807, 2.05) is 13.8 Å². The predicted molar refractivity (Wildman–Crippen MR) is 76.4 cm³/mol. The molecule has 0 aliphatic rings. The number of sulfonamides is 1. The molecule has 108 valence electrons. The summed E-state index contributed by atoms with van der Waals surface area (Å²) in [5.41, 5.74) is 0.719. The third-order valence-electron chi connectivity index (χ3n) is 2.95. The lowest BCUT2D eigenvalue weighted by Gasteiger charge is -2.21. The molecule has 0 aromatic heterocycles. The monoisotopic (exact) mass is 285 g/mol. The predicted octanol–water partition coefficient (Wildman–Crippen LogP) is 2.55. The standard InChI is InChI=1S/C14H23NO3S/c1-4-10-15(11-5-2)19(17,18)14-8-6-13(7-9-14)12(3)16/h6-9,12,16H,4-5,10-11H2,1-3H3. The number of aliphatic hydroxyl groups excluding tert-OH is 1. The van der Waals surface area contributed by atoms with Crippen LogP contribution in [-0.4, -0.2) is 30.9 Å². The Hall–Kier alpha value is -0.910. The van der Waals surface area contributed by atoms with Crippen molar-refractivity contribution in [3.63, 3.8) is 0 Å². The van der Waals surface area contributed by atoms with Crippen molar-refractivity contribution in [2.45, 2.75) is 44.6 Å². The summed E-state index contributed by atoms with van der Waals surface area (Å²) in [4.78, 5) is 0.291. The fraction of sp³-hybridized carbons (Fsp3) is 0.571. The van der Waals surface area contributed by atoms with Crippen LogP contribution < -0.4 is 0 Å². The van der Waals surface area contributed by atoms with Gasteiger partial charge in [-0.1, -0.05) is 26.0 Å². The normalized spacial score (nSPS) is 13.7. The van der Waals surface area contributed by atoms with Gasteiger partial charge >= 0.3 is 0 Å². The van der Waals surface area contributed by atoms with Crippen molar-refractivity contribution >= 4 is 10.0 Å². The zero-order chi connectivity index (χ0) is 14.5.